The molecule has 0 N–H and O–H groups in total. The number of benzene rings is 1. The number of carbonyl (C=O) groups excluding carboxylic acids is 1. The summed E-state index contributed by atoms with van der Waals surface area (Å²) in [6.45, 7) is 3.57. The lowest BCUT2D eigenvalue weighted by Gasteiger charge is -2.10. The lowest BCUT2D eigenvalue weighted by molar-refractivity contribution is -0.118. The van der Waals surface area contributed by atoms with E-state index in [-0.39, 0.29) is 11.7 Å². The minimum Gasteiger partial charge on any atom is -0.480 e. The Labute approximate surface area is 125 Å². The highest BCUT2D eigenvalue weighted by molar-refractivity contribution is 5.82. The van der Waals surface area contributed by atoms with Gasteiger partial charge < -0.3 is 4.74 Å². The summed E-state index contributed by atoms with van der Waals surface area (Å²) >= 11 is 0. The molecule has 4 nitrogen and oxygen atoms in total. The molecule has 0 fully saturated rings. The van der Waals surface area contributed by atoms with Crippen molar-refractivity contribution in [2.24, 2.45) is 0 Å². The van der Waals surface area contributed by atoms with Gasteiger partial charge in [-0.25, -0.2) is 4.98 Å². The van der Waals surface area contributed by atoms with Gasteiger partial charge in [0, 0.05) is 5.92 Å². The standard InChI is InChI=1S/C17H20N2O2/c1-12(13(2)20)15-6-4-5-14(9-15)7-8-16-10-19-17(21-3)11-18-16/h4-6,9-12H,7-8H2,1-3H3/t12-/m0/s1. The molecule has 4 heteroatoms. The fourth-order valence-corrected chi connectivity index (χ4v) is 2.10. The number of hydrogen-bond acceptors (Lipinski definition) is 4. The summed E-state index contributed by atoms with van der Waals surface area (Å²) in [4.78, 5) is 19.9. The Kier molecular flexibility index (Phi) is 5.04. The second-order valence-electron chi connectivity index (χ2n) is 5.13. The van der Waals surface area contributed by atoms with Gasteiger partial charge in [0.15, 0.2) is 0 Å². The number of aryl methyl sites for hydroxylation is 2. The van der Waals surface area contributed by atoms with Gasteiger partial charge in [-0.15, -0.1) is 0 Å². The first-order valence-corrected chi connectivity index (χ1v) is 7.04. The lowest BCUT2D eigenvalue weighted by atomic mass is 9.95. The van der Waals surface area contributed by atoms with Crippen LogP contribution in [0.3, 0.4) is 0 Å². The molecule has 21 heavy (non-hydrogen) atoms. The van der Waals surface area contributed by atoms with Crippen LogP contribution in [0.4, 0.5) is 0 Å². The predicted molar refractivity (Wildman–Crippen MR) is 81.5 cm³/mol. The van der Waals surface area contributed by atoms with Crippen LogP contribution in [0.15, 0.2) is 36.7 Å². The SMILES string of the molecule is COc1cnc(CCc2cccc([C@@H](C)C(C)=O)c2)cn1. The van der Waals surface area contributed by atoms with E-state index < -0.39 is 0 Å². The molecule has 0 unspecified atom stereocenters. The van der Waals surface area contributed by atoms with Crippen LogP contribution >= 0.6 is 0 Å². The number of carbonyl (C=O) groups is 1. The van der Waals surface area contributed by atoms with Crippen LogP contribution in [0.5, 0.6) is 5.88 Å². The monoisotopic (exact) mass is 284 g/mol. The van der Waals surface area contributed by atoms with Crippen LogP contribution in [0.25, 0.3) is 0 Å². The van der Waals surface area contributed by atoms with Crippen molar-refractivity contribution < 1.29 is 9.53 Å². The fraction of sp³-hybridized carbons (Fsp3) is 0.353. The lowest BCUT2D eigenvalue weighted by Crippen LogP contribution is -2.05. The maximum atomic E-state index is 11.5. The van der Waals surface area contributed by atoms with Gasteiger partial charge in [0.25, 0.3) is 0 Å². The van der Waals surface area contributed by atoms with Crippen molar-refractivity contribution in [2.75, 3.05) is 7.11 Å². The van der Waals surface area contributed by atoms with E-state index in [9.17, 15) is 4.79 Å². The summed E-state index contributed by atoms with van der Waals surface area (Å²) in [7, 11) is 1.57. The fourth-order valence-electron chi connectivity index (χ4n) is 2.10. The maximum absolute atomic E-state index is 11.5. The Morgan fingerprint density at radius 2 is 2.05 bits per heavy atom. The first-order valence-electron chi connectivity index (χ1n) is 7.04. The van der Waals surface area contributed by atoms with Gasteiger partial charge in [-0.05, 0) is 30.9 Å². The second-order valence-corrected chi connectivity index (χ2v) is 5.13. The Bertz CT molecular complexity index is 608. The van der Waals surface area contributed by atoms with Gasteiger partial charge in [0.1, 0.15) is 5.78 Å². The molecule has 0 radical (unpaired) electrons. The average molecular weight is 284 g/mol. The van der Waals surface area contributed by atoms with Crippen LogP contribution < -0.4 is 4.74 Å². The zero-order chi connectivity index (χ0) is 15.2. The smallest absolute Gasteiger partial charge is 0.231 e. The quantitative estimate of drug-likeness (QED) is 0.818. The molecule has 0 spiro atoms. The molecule has 0 amide bonds. The summed E-state index contributed by atoms with van der Waals surface area (Å²) in [5.41, 5.74) is 3.21. The molecule has 110 valence electrons. The first kappa shape index (κ1) is 15.2. The van der Waals surface area contributed by atoms with E-state index in [4.69, 9.17) is 4.74 Å². The predicted octanol–water partition coefficient (Wildman–Crippen LogP) is 2.96. The molecule has 0 aliphatic rings. The number of methoxy groups -OCH3 is 1. The maximum Gasteiger partial charge on any atom is 0.231 e. The zero-order valence-electron chi connectivity index (χ0n) is 12.7. The molecule has 0 saturated heterocycles. The summed E-state index contributed by atoms with van der Waals surface area (Å²) in [6.07, 6.45) is 5.05. The first-order chi connectivity index (χ1) is 10.1. The van der Waals surface area contributed by atoms with Crippen molar-refractivity contribution in [1.29, 1.82) is 0 Å². The van der Waals surface area contributed by atoms with Crippen LogP contribution in [0.1, 0.15) is 36.6 Å². The molecular formula is C17H20N2O2. The van der Waals surface area contributed by atoms with Crippen molar-refractivity contribution in [1.82, 2.24) is 9.97 Å². The number of rotatable bonds is 6. The molecular weight excluding hydrogens is 264 g/mol. The third kappa shape index (κ3) is 4.12. The normalized spacial score (nSPS) is 12.0. The average Bonchev–Trinajstić information content (AvgIpc) is 2.53. The molecule has 1 aromatic carbocycles. The third-order valence-corrected chi connectivity index (χ3v) is 3.62. The van der Waals surface area contributed by atoms with Crippen LogP contribution in [0, 0.1) is 0 Å². The molecule has 0 aliphatic carbocycles. The van der Waals surface area contributed by atoms with Crippen molar-refractivity contribution >= 4 is 5.78 Å². The van der Waals surface area contributed by atoms with Gasteiger partial charge >= 0.3 is 0 Å². The topological polar surface area (TPSA) is 52.1 Å². The molecule has 0 bridgehead atoms. The Morgan fingerprint density at radius 3 is 2.67 bits per heavy atom. The summed E-state index contributed by atoms with van der Waals surface area (Å²) in [5.74, 6) is 0.662. The summed E-state index contributed by atoms with van der Waals surface area (Å²) in [5, 5.41) is 0. The molecule has 0 saturated carbocycles. The Balaban J connectivity index is 2.02. The van der Waals surface area contributed by atoms with E-state index in [1.54, 1.807) is 26.4 Å². The second kappa shape index (κ2) is 6.97. The van der Waals surface area contributed by atoms with Crippen LogP contribution in [0.2, 0.25) is 0 Å². The largest absolute Gasteiger partial charge is 0.480 e. The third-order valence-electron chi connectivity index (χ3n) is 3.62. The van der Waals surface area contributed by atoms with Crippen LogP contribution in [-0.4, -0.2) is 22.9 Å². The van der Waals surface area contributed by atoms with E-state index in [0.29, 0.717) is 5.88 Å². The Morgan fingerprint density at radius 1 is 1.24 bits per heavy atom. The minimum atomic E-state index is -0.0503. The number of hydrogen-bond donors (Lipinski definition) is 0. The van der Waals surface area contributed by atoms with E-state index in [1.807, 2.05) is 19.1 Å². The molecule has 1 atom stereocenters. The Hall–Kier alpha value is -2.23. The van der Waals surface area contributed by atoms with E-state index in [1.165, 1.54) is 5.56 Å². The summed E-state index contributed by atoms with van der Waals surface area (Å²) in [6, 6.07) is 8.18. The number of ketones is 1. The van der Waals surface area contributed by atoms with E-state index in [2.05, 4.69) is 22.1 Å². The highest BCUT2D eigenvalue weighted by atomic mass is 16.5. The molecule has 0 aliphatic heterocycles. The minimum absolute atomic E-state index is 0.0503. The van der Waals surface area contributed by atoms with Gasteiger partial charge in [-0.1, -0.05) is 31.2 Å². The summed E-state index contributed by atoms with van der Waals surface area (Å²) < 4.78 is 4.99. The highest BCUT2D eigenvalue weighted by Gasteiger charge is 2.10. The van der Waals surface area contributed by atoms with Crippen molar-refractivity contribution in [3.8, 4) is 5.88 Å². The number of nitrogens with zero attached hydrogens (tertiary/aromatic N) is 2. The van der Waals surface area contributed by atoms with Crippen molar-refractivity contribution in [3.05, 3.63) is 53.5 Å². The molecule has 2 rings (SSSR count). The zero-order valence-corrected chi connectivity index (χ0v) is 12.7. The number of Topliss-reactive ketones (excluding diaryl/α,β-unsaturated/α-hetero) is 1. The highest BCUT2D eigenvalue weighted by Crippen LogP contribution is 2.18. The van der Waals surface area contributed by atoms with E-state index in [0.717, 1.165) is 24.1 Å². The van der Waals surface area contributed by atoms with Crippen molar-refractivity contribution in [2.45, 2.75) is 32.6 Å². The number of aromatic nitrogens is 2. The molecule has 1 aromatic heterocycles. The van der Waals surface area contributed by atoms with Crippen LogP contribution in [-0.2, 0) is 17.6 Å². The molecule has 1 heterocycles. The number of ether oxygens (including phenoxy) is 1. The van der Waals surface area contributed by atoms with Crippen molar-refractivity contribution in [3.63, 3.8) is 0 Å². The molecule has 2 aromatic rings. The van der Waals surface area contributed by atoms with Gasteiger partial charge in [-0.2, -0.15) is 0 Å². The van der Waals surface area contributed by atoms with Gasteiger partial charge in [0.2, 0.25) is 5.88 Å². The van der Waals surface area contributed by atoms with Gasteiger partial charge in [-0.3, -0.25) is 9.78 Å². The van der Waals surface area contributed by atoms with Gasteiger partial charge in [0.05, 0.1) is 25.2 Å². The van der Waals surface area contributed by atoms with E-state index >= 15 is 0 Å².